The third-order valence-electron chi connectivity index (χ3n) is 0.949. The van der Waals surface area contributed by atoms with Crippen LogP contribution < -0.4 is 0 Å². The van der Waals surface area contributed by atoms with Crippen LogP contribution in [-0.2, 0) is 0 Å². The van der Waals surface area contributed by atoms with Crippen molar-refractivity contribution in [2.45, 2.75) is 0 Å². The van der Waals surface area contributed by atoms with Crippen molar-refractivity contribution in [3.8, 4) is 0 Å². The third-order valence-corrected chi connectivity index (χ3v) is 1.17. The normalized spacial score (nSPS) is 10.0. The summed E-state index contributed by atoms with van der Waals surface area (Å²) in [5.41, 5.74) is 0. The van der Waals surface area contributed by atoms with Crippen molar-refractivity contribution >= 4 is 11.6 Å². The molecule has 0 atom stereocenters. The molecular weight excluding hydrogens is 165 g/mol. The molecule has 0 N–H and O–H groups in total. The zero-order valence-electron chi connectivity index (χ0n) is 4.67. The highest BCUT2D eigenvalue weighted by molar-refractivity contribution is 6.30. The topological polar surface area (TPSA) is 0 Å². The van der Waals surface area contributed by atoms with E-state index < -0.39 is 17.5 Å². The van der Waals surface area contributed by atoms with Crippen LogP contribution in [0.5, 0.6) is 0 Å². The van der Waals surface area contributed by atoms with Crippen molar-refractivity contribution in [3.63, 3.8) is 0 Å². The van der Waals surface area contributed by atoms with Gasteiger partial charge in [0.05, 0.1) is 0 Å². The molecule has 0 aliphatic rings. The SMILES string of the molecule is Fc1cc(Cl)cc(F)c1F. The van der Waals surface area contributed by atoms with Crippen LogP contribution >= 0.6 is 11.6 Å². The van der Waals surface area contributed by atoms with Crippen LogP contribution in [0.1, 0.15) is 0 Å². The number of hydrogen-bond donors (Lipinski definition) is 0. The van der Waals surface area contributed by atoms with Crippen LogP contribution in [0.25, 0.3) is 0 Å². The minimum atomic E-state index is -1.50. The average molecular weight is 167 g/mol. The number of hydrogen-bond acceptors (Lipinski definition) is 0. The van der Waals surface area contributed by atoms with E-state index in [9.17, 15) is 13.2 Å². The highest BCUT2D eigenvalue weighted by atomic mass is 35.5. The fraction of sp³-hybridized carbons (Fsp3) is 0. The largest absolute Gasteiger partial charge is 0.204 e. The Morgan fingerprint density at radius 1 is 1.00 bits per heavy atom. The highest BCUT2D eigenvalue weighted by Crippen LogP contribution is 2.16. The fourth-order valence-corrected chi connectivity index (χ4v) is 0.716. The van der Waals surface area contributed by atoms with E-state index in [4.69, 9.17) is 11.6 Å². The van der Waals surface area contributed by atoms with E-state index in [2.05, 4.69) is 0 Å². The molecule has 1 aromatic carbocycles. The summed E-state index contributed by atoms with van der Waals surface area (Å²) in [4.78, 5) is 0. The molecule has 0 spiro atoms. The maximum atomic E-state index is 12.1. The first-order valence-electron chi connectivity index (χ1n) is 2.41. The summed E-state index contributed by atoms with van der Waals surface area (Å²) in [6.45, 7) is 0. The first kappa shape index (κ1) is 7.41. The molecule has 0 amide bonds. The molecule has 1 aromatic rings. The predicted molar refractivity (Wildman–Crippen MR) is 31.3 cm³/mol. The minimum absolute atomic E-state index is 0.156. The van der Waals surface area contributed by atoms with Crippen LogP contribution in [-0.4, -0.2) is 0 Å². The smallest absolute Gasteiger partial charge is 0.194 e. The Balaban J connectivity index is 3.31. The van der Waals surface area contributed by atoms with Gasteiger partial charge in [-0.05, 0) is 12.1 Å². The van der Waals surface area contributed by atoms with Gasteiger partial charge in [-0.15, -0.1) is 0 Å². The molecule has 54 valence electrons. The van der Waals surface area contributed by atoms with Crippen molar-refractivity contribution in [2.75, 3.05) is 0 Å². The molecule has 0 aliphatic carbocycles. The van der Waals surface area contributed by atoms with E-state index in [1.54, 1.807) is 0 Å². The van der Waals surface area contributed by atoms with Crippen molar-refractivity contribution in [2.24, 2.45) is 0 Å². The second kappa shape index (κ2) is 2.50. The summed E-state index contributed by atoms with van der Waals surface area (Å²) >= 11 is 5.18. The zero-order valence-corrected chi connectivity index (χ0v) is 5.42. The number of rotatable bonds is 0. The van der Waals surface area contributed by atoms with Gasteiger partial charge in [0.1, 0.15) is 0 Å². The zero-order chi connectivity index (χ0) is 7.72. The summed E-state index contributed by atoms with van der Waals surface area (Å²) in [6, 6.07) is 1.42. The number of benzene rings is 1. The van der Waals surface area contributed by atoms with Crippen molar-refractivity contribution in [3.05, 3.63) is 34.6 Å². The third kappa shape index (κ3) is 1.24. The molecule has 0 saturated heterocycles. The van der Waals surface area contributed by atoms with Gasteiger partial charge in [-0.25, -0.2) is 13.2 Å². The van der Waals surface area contributed by atoms with Gasteiger partial charge in [0.2, 0.25) is 0 Å². The van der Waals surface area contributed by atoms with E-state index in [1.165, 1.54) is 0 Å². The Morgan fingerprint density at radius 2 is 1.40 bits per heavy atom. The van der Waals surface area contributed by atoms with Crippen LogP contribution in [0, 0.1) is 17.5 Å². The molecule has 4 heteroatoms. The van der Waals surface area contributed by atoms with Gasteiger partial charge in [0.15, 0.2) is 17.5 Å². The van der Waals surface area contributed by atoms with Crippen molar-refractivity contribution < 1.29 is 13.2 Å². The van der Waals surface area contributed by atoms with E-state index >= 15 is 0 Å². The predicted octanol–water partition coefficient (Wildman–Crippen LogP) is 2.76. The molecule has 0 bridgehead atoms. The lowest BCUT2D eigenvalue weighted by Crippen LogP contribution is -1.88. The summed E-state index contributed by atoms with van der Waals surface area (Å²) in [5.74, 6) is -4.04. The Morgan fingerprint density at radius 3 is 1.80 bits per heavy atom. The van der Waals surface area contributed by atoms with Crippen LogP contribution in [0.4, 0.5) is 13.2 Å². The average Bonchev–Trinajstić information content (AvgIpc) is 1.82. The lowest BCUT2D eigenvalue weighted by molar-refractivity contribution is 0.447. The van der Waals surface area contributed by atoms with Crippen LogP contribution in [0.3, 0.4) is 0 Å². The molecule has 0 aromatic heterocycles. The lowest BCUT2D eigenvalue weighted by atomic mass is 10.3. The van der Waals surface area contributed by atoms with E-state index in [0.717, 1.165) is 0 Å². The van der Waals surface area contributed by atoms with E-state index in [0.29, 0.717) is 12.1 Å². The first-order valence-corrected chi connectivity index (χ1v) is 2.79. The summed E-state index contributed by atoms with van der Waals surface area (Å²) in [5, 5.41) is -0.156. The summed E-state index contributed by atoms with van der Waals surface area (Å²) in [7, 11) is 0. The van der Waals surface area contributed by atoms with Gasteiger partial charge in [-0.2, -0.15) is 0 Å². The molecule has 0 saturated carbocycles. The lowest BCUT2D eigenvalue weighted by Gasteiger charge is -1.93. The maximum absolute atomic E-state index is 12.1. The standard InChI is InChI=1S/C6H2ClF3/c7-3-1-4(8)6(10)5(9)2-3/h1-2H. The van der Waals surface area contributed by atoms with E-state index in [-0.39, 0.29) is 5.02 Å². The van der Waals surface area contributed by atoms with Crippen molar-refractivity contribution in [1.29, 1.82) is 0 Å². The van der Waals surface area contributed by atoms with E-state index in [1.807, 2.05) is 0 Å². The van der Waals surface area contributed by atoms with Gasteiger partial charge in [-0.1, -0.05) is 11.6 Å². The van der Waals surface area contributed by atoms with Gasteiger partial charge in [0.25, 0.3) is 0 Å². The number of halogens is 4. The Labute approximate surface area is 60.2 Å². The highest BCUT2D eigenvalue weighted by Gasteiger charge is 2.08. The molecule has 10 heavy (non-hydrogen) atoms. The molecule has 0 unspecified atom stereocenters. The molecule has 0 fully saturated rings. The molecule has 0 radical (unpaired) electrons. The van der Waals surface area contributed by atoms with Crippen LogP contribution in [0.15, 0.2) is 12.1 Å². The summed E-state index contributed by atoms with van der Waals surface area (Å²) in [6.07, 6.45) is 0. The van der Waals surface area contributed by atoms with Crippen LogP contribution in [0.2, 0.25) is 5.02 Å². The van der Waals surface area contributed by atoms with Gasteiger partial charge in [-0.3, -0.25) is 0 Å². The quantitative estimate of drug-likeness (QED) is 0.411. The second-order valence-corrected chi connectivity index (χ2v) is 2.12. The first-order chi connectivity index (χ1) is 4.61. The monoisotopic (exact) mass is 166 g/mol. The van der Waals surface area contributed by atoms with Crippen molar-refractivity contribution in [1.82, 2.24) is 0 Å². The second-order valence-electron chi connectivity index (χ2n) is 1.68. The van der Waals surface area contributed by atoms with Gasteiger partial charge >= 0.3 is 0 Å². The molecule has 0 aliphatic heterocycles. The Hall–Kier alpha value is -0.700. The fourth-order valence-electron chi connectivity index (χ4n) is 0.525. The summed E-state index contributed by atoms with van der Waals surface area (Å²) < 4.78 is 36.4. The molecular formula is C6H2ClF3. The van der Waals surface area contributed by atoms with Gasteiger partial charge < -0.3 is 0 Å². The minimum Gasteiger partial charge on any atom is -0.204 e. The molecule has 0 heterocycles. The molecule has 1 rings (SSSR count). The maximum Gasteiger partial charge on any atom is 0.194 e. The Bertz CT molecular complexity index is 236. The molecule has 0 nitrogen and oxygen atoms in total. The Kier molecular flexibility index (Phi) is 1.85. The van der Waals surface area contributed by atoms with Gasteiger partial charge in [0, 0.05) is 5.02 Å².